The molecule has 0 fully saturated rings. The van der Waals surface area contributed by atoms with Gasteiger partial charge in [0.05, 0.1) is 11.4 Å². The number of hydrogen-bond donors (Lipinski definition) is 2. The molecule has 6 nitrogen and oxygen atoms in total. The fourth-order valence-corrected chi connectivity index (χ4v) is 2.44. The van der Waals surface area contributed by atoms with Crippen LogP contribution in [0.4, 0.5) is 5.69 Å². The first-order valence-electron chi connectivity index (χ1n) is 7.26. The minimum absolute atomic E-state index is 0.0266. The van der Waals surface area contributed by atoms with E-state index in [0.29, 0.717) is 23.6 Å². The summed E-state index contributed by atoms with van der Waals surface area (Å²) in [5.41, 5.74) is 2.24. The number of carbonyl (C=O) groups excluding carboxylic acids is 1. The van der Waals surface area contributed by atoms with Gasteiger partial charge in [-0.3, -0.25) is 4.79 Å². The van der Waals surface area contributed by atoms with E-state index in [1.807, 2.05) is 47.8 Å². The van der Waals surface area contributed by atoms with Crippen molar-refractivity contribution in [1.29, 1.82) is 0 Å². The number of para-hydroxylation sites is 2. The van der Waals surface area contributed by atoms with E-state index in [-0.39, 0.29) is 11.7 Å². The van der Waals surface area contributed by atoms with Crippen molar-refractivity contribution in [1.82, 2.24) is 14.3 Å². The van der Waals surface area contributed by atoms with E-state index in [1.54, 1.807) is 18.2 Å². The number of phenolic OH excluding ortho intramolecular Hbond substituents is 1. The highest BCUT2D eigenvalue weighted by Gasteiger charge is 2.20. The Balaban J connectivity index is 2.01. The first-order chi connectivity index (χ1) is 11.1. The van der Waals surface area contributed by atoms with Crippen molar-refractivity contribution in [2.75, 3.05) is 19.4 Å². The summed E-state index contributed by atoms with van der Waals surface area (Å²) in [5, 5.41) is 12.5. The highest BCUT2D eigenvalue weighted by atomic mass is 16.3. The summed E-state index contributed by atoms with van der Waals surface area (Å²) in [6.07, 6.45) is 1.89. The van der Waals surface area contributed by atoms with Crippen molar-refractivity contribution >= 4 is 17.2 Å². The molecule has 0 unspecified atom stereocenters. The number of carbonyl (C=O) groups is 1. The van der Waals surface area contributed by atoms with Crippen LogP contribution in [0.5, 0.6) is 5.75 Å². The van der Waals surface area contributed by atoms with Crippen LogP contribution in [0.3, 0.4) is 0 Å². The number of phenols is 1. The molecule has 2 aromatic heterocycles. The van der Waals surface area contributed by atoms with Crippen LogP contribution in [0, 0.1) is 0 Å². The molecule has 1 amide bonds. The van der Waals surface area contributed by atoms with E-state index >= 15 is 0 Å². The van der Waals surface area contributed by atoms with E-state index in [0.717, 1.165) is 5.69 Å². The number of benzene rings is 1. The third kappa shape index (κ3) is 3.02. The maximum absolute atomic E-state index is 12.6. The third-order valence-electron chi connectivity index (χ3n) is 3.46. The van der Waals surface area contributed by atoms with Gasteiger partial charge in [-0.2, -0.15) is 0 Å². The molecule has 0 spiro atoms. The van der Waals surface area contributed by atoms with Crippen molar-refractivity contribution in [3.63, 3.8) is 0 Å². The Kier molecular flexibility index (Phi) is 3.99. The summed E-state index contributed by atoms with van der Waals surface area (Å²) in [6.45, 7) is 0.578. The van der Waals surface area contributed by atoms with E-state index < -0.39 is 0 Å². The van der Waals surface area contributed by atoms with E-state index in [9.17, 15) is 9.90 Å². The number of imidazole rings is 1. The molecule has 0 saturated heterocycles. The lowest BCUT2D eigenvalue weighted by Crippen LogP contribution is -2.19. The second kappa shape index (κ2) is 6.10. The molecule has 0 aliphatic heterocycles. The van der Waals surface area contributed by atoms with Crippen LogP contribution in [0.2, 0.25) is 0 Å². The van der Waals surface area contributed by atoms with E-state index in [2.05, 4.69) is 10.3 Å². The van der Waals surface area contributed by atoms with Crippen molar-refractivity contribution in [2.24, 2.45) is 0 Å². The smallest absolute Gasteiger partial charge is 0.276 e. The van der Waals surface area contributed by atoms with Crippen molar-refractivity contribution in [3.8, 4) is 5.75 Å². The minimum atomic E-state index is -0.341. The largest absolute Gasteiger partial charge is 0.506 e. The molecule has 0 atom stereocenters. The lowest BCUT2D eigenvalue weighted by molar-refractivity contribution is 0.102. The summed E-state index contributed by atoms with van der Waals surface area (Å²) in [6, 6.07) is 12.3. The number of aromatic hydroxyl groups is 1. The van der Waals surface area contributed by atoms with Crippen LogP contribution < -0.4 is 5.32 Å². The number of anilines is 1. The Labute approximate surface area is 134 Å². The van der Waals surface area contributed by atoms with Crippen LogP contribution in [0.25, 0.3) is 5.65 Å². The molecule has 2 heterocycles. The number of pyridine rings is 1. The van der Waals surface area contributed by atoms with E-state index in [1.165, 1.54) is 6.07 Å². The van der Waals surface area contributed by atoms with Gasteiger partial charge in [0.25, 0.3) is 5.91 Å². The van der Waals surface area contributed by atoms with Gasteiger partial charge in [0.1, 0.15) is 11.4 Å². The molecule has 2 N–H and O–H groups in total. The van der Waals surface area contributed by atoms with Crippen molar-refractivity contribution in [2.45, 2.75) is 6.54 Å². The SMILES string of the molecule is CN(C)Cc1c(C(=O)Nc2ccccc2O)nc2ccccn12. The van der Waals surface area contributed by atoms with Crippen molar-refractivity contribution in [3.05, 3.63) is 60.0 Å². The molecule has 3 aromatic rings. The summed E-state index contributed by atoms with van der Waals surface area (Å²) < 4.78 is 1.90. The topological polar surface area (TPSA) is 69.9 Å². The summed E-state index contributed by atoms with van der Waals surface area (Å²) in [5.74, 6) is -0.314. The molecule has 6 heteroatoms. The monoisotopic (exact) mass is 310 g/mol. The Morgan fingerprint density at radius 3 is 2.70 bits per heavy atom. The molecule has 0 bridgehead atoms. The Morgan fingerprint density at radius 2 is 1.96 bits per heavy atom. The quantitative estimate of drug-likeness (QED) is 0.726. The number of fused-ring (bicyclic) bond motifs is 1. The maximum Gasteiger partial charge on any atom is 0.276 e. The summed E-state index contributed by atoms with van der Waals surface area (Å²) >= 11 is 0. The number of aromatic nitrogens is 2. The third-order valence-corrected chi connectivity index (χ3v) is 3.46. The van der Waals surface area contributed by atoms with Crippen LogP contribution in [-0.4, -0.2) is 39.4 Å². The second-order valence-electron chi connectivity index (χ2n) is 5.54. The zero-order valence-corrected chi connectivity index (χ0v) is 13.0. The second-order valence-corrected chi connectivity index (χ2v) is 5.54. The Morgan fingerprint density at radius 1 is 1.22 bits per heavy atom. The molecule has 0 aliphatic rings. The van der Waals surface area contributed by atoms with E-state index in [4.69, 9.17) is 0 Å². The number of hydrogen-bond acceptors (Lipinski definition) is 4. The van der Waals surface area contributed by atoms with Crippen LogP contribution in [0.1, 0.15) is 16.2 Å². The zero-order chi connectivity index (χ0) is 16.4. The van der Waals surface area contributed by atoms with Gasteiger partial charge < -0.3 is 19.7 Å². The van der Waals surface area contributed by atoms with Crippen LogP contribution in [-0.2, 0) is 6.54 Å². The first kappa shape index (κ1) is 15.1. The molecule has 118 valence electrons. The Hall–Kier alpha value is -2.86. The number of nitrogens with one attached hydrogen (secondary N) is 1. The van der Waals surface area contributed by atoms with Crippen LogP contribution >= 0.6 is 0 Å². The highest BCUT2D eigenvalue weighted by molar-refractivity contribution is 6.05. The van der Waals surface area contributed by atoms with Gasteiger partial charge >= 0.3 is 0 Å². The zero-order valence-electron chi connectivity index (χ0n) is 13.0. The van der Waals surface area contributed by atoms with Gasteiger partial charge in [0.15, 0.2) is 5.69 Å². The van der Waals surface area contributed by atoms with Gasteiger partial charge in [-0.15, -0.1) is 0 Å². The molecule has 23 heavy (non-hydrogen) atoms. The highest BCUT2D eigenvalue weighted by Crippen LogP contribution is 2.23. The number of nitrogens with zero attached hydrogens (tertiary/aromatic N) is 3. The molecule has 0 radical (unpaired) electrons. The standard InChI is InChI=1S/C17H18N4O2/c1-20(2)11-13-16(19-15-9-5-6-10-21(13)15)17(23)18-12-7-3-4-8-14(12)22/h3-10,22H,11H2,1-2H3,(H,18,23). The normalized spacial score (nSPS) is 11.1. The molecule has 0 saturated carbocycles. The Bertz CT molecular complexity index is 855. The van der Waals surface area contributed by atoms with Gasteiger partial charge in [-0.25, -0.2) is 4.98 Å². The number of amides is 1. The summed E-state index contributed by atoms with van der Waals surface area (Å²) in [7, 11) is 3.88. The molecule has 0 aliphatic carbocycles. The summed E-state index contributed by atoms with van der Waals surface area (Å²) in [4.78, 5) is 19.0. The predicted octanol–water partition coefficient (Wildman–Crippen LogP) is 2.35. The average molecular weight is 310 g/mol. The predicted molar refractivity (Wildman–Crippen MR) is 88.6 cm³/mol. The first-order valence-corrected chi connectivity index (χ1v) is 7.26. The van der Waals surface area contributed by atoms with Crippen LogP contribution in [0.15, 0.2) is 48.7 Å². The van der Waals surface area contributed by atoms with Gasteiger partial charge in [0.2, 0.25) is 0 Å². The van der Waals surface area contributed by atoms with Crippen molar-refractivity contribution < 1.29 is 9.90 Å². The fourth-order valence-electron chi connectivity index (χ4n) is 2.44. The average Bonchev–Trinajstić information content (AvgIpc) is 2.88. The number of rotatable bonds is 4. The molecule has 1 aromatic carbocycles. The molecular weight excluding hydrogens is 292 g/mol. The minimum Gasteiger partial charge on any atom is -0.506 e. The molecular formula is C17H18N4O2. The van der Waals surface area contributed by atoms with Gasteiger partial charge in [-0.1, -0.05) is 18.2 Å². The van der Waals surface area contributed by atoms with Gasteiger partial charge in [-0.05, 0) is 38.4 Å². The lowest BCUT2D eigenvalue weighted by atomic mass is 10.2. The fraction of sp³-hybridized carbons (Fsp3) is 0.176. The molecule has 3 rings (SSSR count). The lowest BCUT2D eigenvalue weighted by Gasteiger charge is -2.11. The van der Waals surface area contributed by atoms with Gasteiger partial charge in [0, 0.05) is 12.7 Å². The maximum atomic E-state index is 12.6.